The number of rotatable bonds is 3. The van der Waals surface area contributed by atoms with Crippen LogP contribution >= 0.6 is 0 Å². The van der Waals surface area contributed by atoms with Gasteiger partial charge in [0.25, 0.3) is 0 Å². The second-order valence-electron chi connectivity index (χ2n) is 7.68. The van der Waals surface area contributed by atoms with Crippen LogP contribution in [0.25, 0.3) is 11.1 Å². The van der Waals surface area contributed by atoms with Gasteiger partial charge in [0.1, 0.15) is 0 Å². The predicted molar refractivity (Wildman–Crippen MR) is 101 cm³/mol. The van der Waals surface area contributed by atoms with Crippen molar-refractivity contribution < 1.29 is 0 Å². The second kappa shape index (κ2) is 6.19. The zero-order valence-corrected chi connectivity index (χ0v) is 15.3. The molecule has 3 rings (SSSR count). The van der Waals surface area contributed by atoms with Crippen molar-refractivity contribution >= 4 is 5.69 Å². The molecule has 1 aliphatic rings. The molecular formula is C21H27NO2. The number of nitrogens with one attached hydrogen (secondary N) is 1. The molecule has 0 saturated heterocycles. The molecule has 0 heterocycles. The fourth-order valence-corrected chi connectivity index (χ4v) is 3.99. The summed E-state index contributed by atoms with van der Waals surface area (Å²) in [6.45, 7) is 10.6. The first kappa shape index (κ1) is 16.9. The van der Waals surface area contributed by atoms with Gasteiger partial charge in [-0.3, -0.25) is 9.59 Å². The molecule has 3 nitrogen and oxygen atoms in total. The van der Waals surface area contributed by atoms with Gasteiger partial charge in [-0.1, -0.05) is 38.8 Å². The van der Waals surface area contributed by atoms with E-state index >= 15 is 0 Å². The average Bonchev–Trinajstić information content (AvgIpc) is 2.55. The number of hydrogen-bond donors (Lipinski definition) is 1. The highest BCUT2D eigenvalue weighted by Gasteiger charge is 2.31. The van der Waals surface area contributed by atoms with Gasteiger partial charge in [0, 0.05) is 6.04 Å². The van der Waals surface area contributed by atoms with Gasteiger partial charge in [0.2, 0.25) is 10.9 Å². The van der Waals surface area contributed by atoms with Crippen LogP contribution in [0.5, 0.6) is 0 Å². The van der Waals surface area contributed by atoms with Gasteiger partial charge < -0.3 is 5.32 Å². The molecule has 2 aromatic carbocycles. The van der Waals surface area contributed by atoms with Gasteiger partial charge in [-0.25, -0.2) is 0 Å². The molecule has 0 aromatic heterocycles. The normalized spacial score (nSPS) is 24.3. The first-order valence-electron chi connectivity index (χ1n) is 8.99. The van der Waals surface area contributed by atoms with Gasteiger partial charge >= 0.3 is 0 Å². The third-order valence-electron chi connectivity index (χ3n) is 6.06. The summed E-state index contributed by atoms with van der Waals surface area (Å²) in [5, 5.41) is 3.43. The van der Waals surface area contributed by atoms with Crippen LogP contribution in [0.4, 0.5) is 5.69 Å². The van der Waals surface area contributed by atoms with Crippen molar-refractivity contribution in [1.82, 2.24) is 0 Å². The monoisotopic (exact) mass is 325 g/mol. The van der Waals surface area contributed by atoms with Crippen molar-refractivity contribution in [2.45, 2.75) is 59.9 Å². The minimum atomic E-state index is -0.354. The van der Waals surface area contributed by atoms with Gasteiger partial charge in [-0.2, -0.15) is 0 Å². The van der Waals surface area contributed by atoms with E-state index in [0.29, 0.717) is 23.1 Å². The Balaban J connectivity index is 1.98. The van der Waals surface area contributed by atoms with Crippen LogP contribution in [-0.4, -0.2) is 6.04 Å². The molecule has 1 aliphatic carbocycles. The van der Waals surface area contributed by atoms with Crippen LogP contribution in [0.1, 0.15) is 49.8 Å². The summed E-state index contributed by atoms with van der Waals surface area (Å²) >= 11 is 0. The third-order valence-corrected chi connectivity index (χ3v) is 6.06. The van der Waals surface area contributed by atoms with Crippen molar-refractivity contribution in [1.29, 1.82) is 0 Å². The molecule has 1 saturated carbocycles. The summed E-state index contributed by atoms with van der Waals surface area (Å²) in [6, 6.07) is 4.41. The lowest BCUT2D eigenvalue weighted by Gasteiger charge is -2.35. The molecule has 2 aromatic rings. The Morgan fingerprint density at radius 1 is 0.917 bits per heavy atom. The highest BCUT2D eigenvalue weighted by Crippen LogP contribution is 2.34. The lowest BCUT2D eigenvalue weighted by molar-refractivity contribution is 0.253. The fraction of sp³-hybridized carbons (Fsp3) is 0.524. The fourth-order valence-electron chi connectivity index (χ4n) is 3.99. The van der Waals surface area contributed by atoms with Crippen molar-refractivity contribution in [3.05, 3.63) is 49.3 Å². The highest BCUT2D eigenvalue weighted by atomic mass is 16.2. The number of anilines is 1. The largest absolute Gasteiger partial charge is 0.378 e. The lowest BCUT2D eigenvalue weighted by Crippen LogP contribution is -2.42. The first-order chi connectivity index (χ1) is 11.3. The molecule has 3 atom stereocenters. The Morgan fingerprint density at radius 3 is 2.29 bits per heavy atom. The van der Waals surface area contributed by atoms with Crippen molar-refractivity contribution in [2.24, 2.45) is 11.8 Å². The Hall–Kier alpha value is -1.90. The zero-order valence-electron chi connectivity index (χ0n) is 15.3. The smallest absolute Gasteiger partial charge is 0.250 e. The van der Waals surface area contributed by atoms with Crippen molar-refractivity contribution in [3.8, 4) is 11.1 Å². The van der Waals surface area contributed by atoms with E-state index in [1.54, 1.807) is 0 Å². The average molecular weight is 325 g/mol. The summed E-state index contributed by atoms with van der Waals surface area (Å²) in [4.78, 5) is 24.5. The molecular weight excluding hydrogens is 298 g/mol. The molecule has 0 aliphatic heterocycles. The van der Waals surface area contributed by atoms with Crippen LogP contribution in [0, 0.1) is 32.6 Å². The number of aryl methyl sites for hydroxylation is 3. The van der Waals surface area contributed by atoms with Crippen LogP contribution in [0.3, 0.4) is 0 Å². The Bertz CT molecular complexity index is 842. The minimum Gasteiger partial charge on any atom is -0.378 e. The van der Waals surface area contributed by atoms with Gasteiger partial charge in [0.15, 0.2) is 0 Å². The summed E-state index contributed by atoms with van der Waals surface area (Å²) in [5.74, 6) is 1.16. The van der Waals surface area contributed by atoms with Crippen LogP contribution in [0.15, 0.2) is 21.7 Å². The molecule has 24 heavy (non-hydrogen) atoms. The zero-order chi connectivity index (χ0) is 17.6. The van der Waals surface area contributed by atoms with E-state index in [-0.39, 0.29) is 16.9 Å². The topological polar surface area (TPSA) is 46.2 Å². The summed E-state index contributed by atoms with van der Waals surface area (Å²) in [7, 11) is 0. The molecule has 3 heteroatoms. The Morgan fingerprint density at radius 2 is 1.58 bits per heavy atom. The van der Waals surface area contributed by atoms with Crippen molar-refractivity contribution in [3.63, 3.8) is 0 Å². The summed E-state index contributed by atoms with van der Waals surface area (Å²) in [5.41, 5.74) is 4.74. The second-order valence-corrected chi connectivity index (χ2v) is 7.68. The van der Waals surface area contributed by atoms with E-state index < -0.39 is 0 Å². The molecule has 1 fully saturated rings. The van der Waals surface area contributed by atoms with Crippen LogP contribution in [-0.2, 0) is 0 Å². The first-order valence-corrected chi connectivity index (χ1v) is 8.99. The minimum absolute atomic E-state index is 0.280. The molecule has 0 bridgehead atoms. The van der Waals surface area contributed by atoms with Gasteiger partial charge in [-0.15, -0.1) is 0 Å². The van der Waals surface area contributed by atoms with Crippen LogP contribution in [0.2, 0.25) is 0 Å². The molecule has 0 amide bonds. The van der Waals surface area contributed by atoms with E-state index in [2.05, 4.69) is 32.2 Å². The molecule has 0 radical (unpaired) electrons. The van der Waals surface area contributed by atoms with E-state index in [4.69, 9.17) is 0 Å². The van der Waals surface area contributed by atoms with Crippen molar-refractivity contribution in [2.75, 3.05) is 5.32 Å². The Kier molecular flexibility index (Phi) is 4.37. The summed E-state index contributed by atoms with van der Waals surface area (Å²) < 4.78 is 0. The summed E-state index contributed by atoms with van der Waals surface area (Å²) in [6.07, 6.45) is 3.49. The number of benzene rings is 1. The molecule has 128 valence electrons. The SMILES string of the molecule is Cc1cc(C)c(-c2c(N[C@H]3CCC[C@@H](C)[C@@H]3C)c(=O)c2=O)cc1C. The third kappa shape index (κ3) is 2.70. The highest BCUT2D eigenvalue weighted by molar-refractivity contribution is 5.84. The van der Waals surface area contributed by atoms with E-state index in [1.165, 1.54) is 18.4 Å². The molecule has 0 spiro atoms. The molecule has 0 unspecified atom stereocenters. The van der Waals surface area contributed by atoms with Gasteiger partial charge in [0.05, 0.1) is 11.3 Å². The van der Waals surface area contributed by atoms with E-state index in [0.717, 1.165) is 23.1 Å². The predicted octanol–water partition coefficient (Wildman–Crippen LogP) is 4.11. The maximum Gasteiger partial charge on any atom is 0.250 e. The van der Waals surface area contributed by atoms with Gasteiger partial charge in [-0.05, 0) is 61.3 Å². The van der Waals surface area contributed by atoms with Crippen LogP contribution < -0.4 is 16.2 Å². The molecule has 1 N–H and O–H groups in total. The quantitative estimate of drug-likeness (QED) is 0.864. The maximum atomic E-state index is 12.3. The lowest BCUT2D eigenvalue weighted by atomic mass is 9.77. The van der Waals surface area contributed by atoms with E-state index in [9.17, 15) is 9.59 Å². The Labute approximate surface area is 143 Å². The van der Waals surface area contributed by atoms with E-state index in [1.807, 2.05) is 19.9 Å². The standard InChI is InChI=1S/C21H27NO2/c1-11-7-6-8-17(15(11)5)22-19-18(20(23)21(19)24)16-10-13(3)12(2)9-14(16)4/h9-11,15,17,22H,6-8H2,1-5H3/t11-,15+,17+/m1/s1. The number of hydrogen-bond acceptors (Lipinski definition) is 3. The maximum absolute atomic E-state index is 12.3.